The van der Waals surface area contributed by atoms with Crippen molar-refractivity contribution >= 4 is 5.91 Å². The first-order valence-corrected chi connectivity index (χ1v) is 7.78. The van der Waals surface area contributed by atoms with Crippen LogP contribution in [0.5, 0.6) is 0 Å². The number of carbonyl (C=O) groups is 1. The van der Waals surface area contributed by atoms with Crippen LogP contribution in [0.25, 0.3) is 0 Å². The first-order chi connectivity index (χ1) is 8.99. The number of nitrogens with one attached hydrogen (secondary N) is 1. The summed E-state index contributed by atoms with van der Waals surface area (Å²) in [5, 5.41) is 3.33. The molecule has 1 rings (SSSR count). The number of nitrogens with zero attached hydrogens (tertiary/aromatic N) is 1. The summed E-state index contributed by atoms with van der Waals surface area (Å²) >= 11 is 0. The maximum Gasteiger partial charge on any atom is 0.237 e. The largest absolute Gasteiger partial charge is 0.368 e. The van der Waals surface area contributed by atoms with E-state index < -0.39 is 5.54 Å². The summed E-state index contributed by atoms with van der Waals surface area (Å²) in [5.41, 5.74) is 5.16. The number of carbonyl (C=O) groups excluding carboxylic acids is 1. The molecule has 3 atom stereocenters. The molecule has 0 aromatic carbocycles. The topological polar surface area (TPSA) is 58.4 Å². The molecule has 0 saturated heterocycles. The molecule has 1 aliphatic rings. The fraction of sp³-hybridized carbons (Fsp3) is 0.933. The molecule has 3 N–H and O–H groups in total. The standard InChI is InChI=1S/C15H31N3O/c1-5-12(4)11-18(7-3)13-8-9-15(10-13,14(16)19)17-6-2/h12-13,17H,5-11H2,1-4H3,(H2,16,19). The van der Waals surface area contributed by atoms with E-state index in [1.807, 2.05) is 6.92 Å². The third-order valence-corrected chi connectivity index (χ3v) is 4.64. The molecule has 4 heteroatoms. The van der Waals surface area contributed by atoms with Gasteiger partial charge in [-0.05, 0) is 38.3 Å². The second kappa shape index (κ2) is 7.25. The fourth-order valence-electron chi connectivity index (χ4n) is 3.21. The van der Waals surface area contributed by atoms with Gasteiger partial charge in [0.05, 0.1) is 5.54 Å². The van der Waals surface area contributed by atoms with Crippen molar-refractivity contribution in [1.29, 1.82) is 0 Å². The summed E-state index contributed by atoms with van der Waals surface area (Å²) in [6, 6.07) is 0.491. The molecule has 0 heterocycles. The van der Waals surface area contributed by atoms with Crippen LogP contribution in [0.2, 0.25) is 0 Å². The van der Waals surface area contributed by atoms with E-state index >= 15 is 0 Å². The zero-order chi connectivity index (χ0) is 14.5. The van der Waals surface area contributed by atoms with Crippen LogP contribution in [0.15, 0.2) is 0 Å². The number of nitrogens with two attached hydrogens (primary N) is 1. The zero-order valence-electron chi connectivity index (χ0n) is 13.0. The third-order valence-electron chi connectivity index (χ3n) is 4.64. The minimum absolute atomic E-state index is 0.184. The van der Waals surface area contributed by atoms with E-state index in [2.05, 4.69) is 31.0 Å². The Labute approximate surface area is 118 Å². The quantitative estimate of drug-likeness (QED) is 0.705. The Morgan fingerprint density at radius 1 is 1.47 bits per heavy atom. The molecular formula is C15H31N3O. The van der Waals surface area contributed by atoms with Gasteiger partial charge in [0.1, 0.15) is 0 Å². The van der Waals surface area contributed by atoms with Gasteiger partial charge in [-0.2, -0.15) is 0 Å². The van der Waals surface area contributed by atoms with Gasteiger partial charge in [-0.1, -0.05) is 34.1 Å². The van der Waals surface area contributed by atoms with Gasteiger partial charge in [0.15, 0.2) is 0 Å². The van der Waals surface area contributed by atoms with Gasteiger partial charge in [-0.15, -0.1) is 0 Å². The van der Waals surface area contributed by atoms with E-state index in [4.69, 9.17) is 5.73 Å². The monoisotopic (exact) mass is 269 g/mol. The predicted molar refractivity (Wildman–Crippen MR) is 79.9 cm³/mol. The summed E-state index contributed by atoms with van der Waals surface area (Å²) in [7, 11) is 0. The highest BCUT2D eigenvalue weighted by Gasteiger charge is 2.44. The van der Waals surface area contributed by atoms with E-state index in [0.717, 1.165) is 38.9 Å². The first kappa shape index (κ1) is 16.4. The van der Waals surface area contributed by atoms with Crippen LogP contribution in [-0.2, 0) is 4.79 Å². The maximum absolute atomic E-state index is 11.8. The summed E-state index contributed by atoms with van der Waals surface area (Å²) < 4.78 is 0. The number of rotatable bonds is 8. The van der Waals surface area contributed by atoms with Crippen LogP contribution in [0, 0.1) is 5.92 Å². The van der Waals surface area contributed by atoms with E-state index in [-0.39, 0.29) is 5.91 Å². The van der Waals surface area contributed by atoms with Crippen molar-refractivity contribution in [2.75, 3.05) is 19.6 Å². The van der Waals surface area contributed by atoms with Crippen molar-refractivity contribution in [3.63, 3.8) is 0 Å². The lowest BCUT2D eigenvalue weighted by molar-refractivity contribution is -0.124. The van der Waals surface area contributed by atoms with Crippen LogP contribution < -0.4 is 11.1 Å². The predicted octanol–water partition coefficient (Wildman–Crippen LogP) is 1.74. The van der Waals surface area contributed by atoms with Crippen LogP contribution in [0.4, 0.5) is 0 Å². The molecule has 0 spiro atoms. The van der Waals surface area contributed by atoms with E-state index in [0.29, 0.717) is 12.0 Å². The van der Waals surface area contributed by atoms with Gasteiger partial charge >= 0.3 is 0 Å². The minimum atomic E-state index is -0.470. The molecule has 112 valence electrons. The lowest BCUT2D eigenvalue weighted by atomic mass is 9.96. The van der Waals surface area contributed by atoms with E-state index in [1.54, 1.807) is 0 Å². The number of primary amides is 1. The van der Waals surface area contributed by atoms with Crippen molar-refractivity contribution in [1.82, 2.24) is 10.2 Å². The highest BCUT2D eigenvalue weighted by Crippen LogP contribution is 2.33. The summed E-state index contributed by atoms with van der Waals surface area (Å²) in [4.78, 5) is 14.3. The van der Waals surface area contributed by atoms with Gasteiger partial charge in [0.25, 0.3) is 0 Å². The summed E-state index contributed by atoms with van der Waals surface area (Å²) in [6.07, 6.45) is 4.01. The second-order valence-corrected chi connectivity index (χ2v) is 5.97. The lowest BCUT2D eigenvalue weighted by Gasteiger charge is -2.32. The maximum atomic E-state index is 11.8. The van der Waals surface area contributed by atoms with Crippen molar-refractivity contribution in [3.05, 3.63) is 0 Å². The molecule has 0 bridgehead atoms. The zero-order valence-corrected chi connectivity index (χ0v) is 13.0. The summed E-state index contributed by atoms with van der Waals surface area (Å²) in [5.74, 6) is 0.527. The molecule has 0 aliphatic heterocycles. The van der Waals surface area contributed by atoms with Crippen molar-refractivity contribution in [2.24, 2.45) is 11.7 Å². The fourth-order valence-corrected chi connectivity index (χ4v) is 3.21. The van der Waals surface area contributed by atoms with Gasteiger partial charge in [0.2, 0.25) is 5.91 Å². The van der Waals surface area contributed by atoms with Gasteiger partial charge < -0.3 is 16.0 Å². The molecular weight excluding hydrogens is 238 g/mol. The van der Waals surface area contributed by atoms with Crippen molar-refractivity contribution in [3.8, 4) is 0 Å². The number of amides is 1. The molecule has 4 nitrogen and oxygen atoms in total. The molecule has 19 heavy (non-hydrogen) atoms. The van der Waals surface area contributed by atoms with Crippen LogP contribution in [0.1, 0.15) is 53.4 Å². The van der Waals surface area contributed by atoms with Crippen LogP contribution >= 0.6 is 0 Å². The minimum Gasteiger partial charge on any atom is -0.368 e. The molecule has 0 aromatic heterocycles. The average Bonchev–Trinajstić information content (AvgIpc) is 2.81. The molecule has 1 aliphatic carbocycles. The number of hydrogen-bond donors (Lipinski definition) is 2. The number of likely N-dealkylation sites (N-methyl/N-ethyl adjacent to an activating group) is 1. The lowest BCUT2D eigenvalue weighted by Crippen LogP contribution is -2.54. The molecule has 1 amide bonds. The van der Waals surface area contributed by atoms with Crippen LogP contribution in [0.3, 0.4) is 0 Å². The van der Waals surface area contributed by atoms with E-state index in [9.17, 15) is 4.79 Å². The Morgan fingerprint density at radius 2 is 2.16 bits per heavy atom. The Hall–Kier alpha value is -0.610. The third kappa shape index (κ3) is 3.93. The molecule has 0 radical (unpaired) electrons. The number of hydrogen-bond acceptors (Lipinski definition) is 3. The van der Waals surface area contributed by atoms with E-state index in [1.165, 1.54) is 6.42 Å². The molecule has 1 fully saturated rings. The highest BCUT2D eigenvalue weighted by molar-refractivity contribution is 5.85. The van der Waals surface area contributed by atoms with Gasteiger partial charge in [-0.25, -0.2) is 0 Å². The SMILES string of the molecule is CCNC1(C(N)=O)CCC(N(CC)CC(C)CC)C1. The van der Waals surface area contributed by atoms with Gasteiger partial charge in [-0.3, -0.25) is 4.79 Å². The van der Waals surface area contributed by atoms with Crippen molar-refractivity contribution < 1.29 is 4.79 Å². The second-order valence-electron chi connectivity index (χ2n) is 5.97. The first-order valence-electron chi connectivity index (χ1n) is 7.78. The normalized spacial score (nSPS) is 28.8. The van der Waals surface area contributed by atoms with Crippen LogP contribution in [-0.4, -0.2) is 42.0 Å². The smallest absolute Gasteiger partial charge is 0.237 e. The van der Waals surface area contributed by atoms with Crippen molar-refractivity contribution in [2.45, 2.75) is 65.0 Å². The van der Waals surface area contributed by atoms with Gasteiger partial charge in [0, 0.05) is 12.6 Å². The Bertz CT molecular complexity index is 295. The molecule has 0 aromatic rings. The Morgan fingerprint density at radius 3 is 2.63 bits per heavy atom. The summed E-state index contributed by atoms with van der Waals surface area (Å²) in [6.45, 7) is 11.7. The molecule has 3 unspecified atom stereocenters. The Kier molecular flexibility index (Phi) is 6.27. The molecule has 1 saturated carbocycles. The average molecular weight is 269 g/mol. The Balaban J connectivity index is 2.68. The highest BCUT2D eigenvalue weighted by atomic mass is 16.1.